The quantitative estimate of drug-likeness (QED) is 0.932. The maximum absolute atomic E-state index is 10.4. The molecular weight excluding hydrogens is 300 g/mol. The molecule has 1 unspecified atom stereocenters. The maximum Gasteiger partial charge on any atom is 0.115 e. The highest BCUT2D eigenvalue weighted by molar-refractivity contribution is 9.10. The van der Waals surface area contributed by atoms with Gasteiger partial charge in [0, 0.05) is 11.6 Å². The number of thiophene rings is 1. The molecule has 2 nitrogen and oxygen atoms in total. The van der Waals surface area contributed by atoms with Gasteiger partial charge in [0.1, 0.15) is 6.10 Å². The summed E-state index contributed by atoms with van der Waals surface area (Å²) in [6.07, 6.45) is -0.601. The second-order valence-corrected chi connectivity index (χ2v) is 5.47. The number of methoxy groups -OCH3 is 1. The highest BCUT2D eigenvalue weighted by Gasteiger charge is 2.17. The fraction of sp³-hybridized carbons (Fsp3) is 0.231. The topological polar surface area (TPSA) is 29.5 Å². The zero-order valence-electron chi connectivity index (χ0n) is 9.39. The van der Waals surface area contributed by atoms with E-state index in [4.69, 9.17) is 4.74 Å². The van der Waals surface area contributed by atoms with Crippen molar-refractivity contribution in [2.45, 2.75) is 12.7 Å². The molecule has 1 aromatic carbocycles. The Bertz CT molecular complexity index is 496. The van der Waals surface area contributed by atoms with E-state index in [1.54, 1.807) is 18.4 Å². The van der Waals surface area contributed by atoms with E-state index in [2.05, 4.69) is 15.9 Å². The Morgan fingerprint density at radius 2 is 2.12 bits per heavy atom. The molecule has 0 aliphatic heterocycles. The molecule has 0 saturated carbocycles. The molecular formula is C13H13BrO2S. The molecule has 0 bridgehead atoms. The van der Waals surface area contributed by atoms with Gasteiger partial charge in [-0.15, -0.1) is 11.3 Å². The summed E-state index contributed by atoms with van der Waals surface area (Å²) in [5.74, 6) is 0. The van der Waals surface area contributed by atoms with Gasteiger partial charge in [0.05, 0.1) is 11.5 Å². The highest BCUT2D eigenvalue weighted by Crippen LogP contribution is 2.34. The summed E-state index contributed by atoms with van der Waals surface area (Å²) in [5.41, 5.74) is 1.92. The van der Waals surface area contributed by atoms with Gasteiger partial charge in [0.25, 0.3) is 0 Å². The molecule has 0 saturated heterocycles. The van der Waals surface area contributed by atoms with Crippen molar-refractivity contribution in [2.24, 2.45) is 0 Å². The third-order valence-corrected chi connectivity index (χ3v) is 4.47. The number of aliphatic hydroxyl groups is 1. The summed E-state index contributed by atoms with van der Waals surface area (Å²) in [4.78, 5) is 0.925. The Labute approximate surface area is 113 Å². The van der Waals surface area contributed by atoms with Crippen LogP contribution in [0.25, 0.3) is 0 Å². The fourth-order valence-electron chi connectivity index (χ4n) is 1.73. The van der Waals surface area contributed by atoms with E-state index < -0.39 is 6.10 Å². The molecule has 1 N–H and O–H groups in total. The molecule has 0 spiro atoms. The average Bonchev–Trinajstić information content (AvgIpc) is 2.76. The van der Waals surface area contributed by atoms with Crippen molar-refractivity contribution in [2.75, 3.05) is 7.11 Å². The summed E-state index contributed by atoms with van der Waals surface area (Å²) >= 11 is 4.99. The lowest BCUT2D eigenvalue weighted by Gasteiger charge is -2.14. The highest BCUT2D eigenvalue weighted by atomic mass is 79.9. The largest absolute Gasteiger partial charge is 0.383 e. The number of ether oxygens (including phenoxy) is 1. The predicted molar refractivity (Wildman–Crippen MR) is 73.2 cm³/mol. The molecule has 0 fully saturated rings. The van der Waals surface area contributed by atoms with Crippen LogP contribution in [-0.2, 0) is 11.3 Å². The number of benzene rings is 1. The van der Waals surface area contributed by atoms with E-state index in [0.29, 0.717) is 6.61 Å². The standard InChI is InChI=1S/C13H13BrO2S/c1-16-8-9-4-2-3-5-10(9)12(15)13-11(14)6-7-17-13/h2-7,12,15H,8H2,1H3. The third kappa shape index (κ3) is 2.77. The molecule has 1 atom stereocenters. The van der Waals surface area contributed by atoms with Gasteiger partial charge in [-0.2, -0.15) is 0 Å². The molecule has 0 radical (unpaired) electrons. The lowest BCUT2D eigenvalue weighted by atomic mass is 10.0. The molecule has 2 aromatic rings. The van der Waals surface area contributed by atoms with Crippen molar-refractivity contribution in [3.63, 3.8) is 0 Å². The van der Waals surface area contributed by atoms with Gasteiger partial charge in [0.2, 0.25) is 0 Å². The molecule has 1 heterocycles. The summed E-state index contributed by atoms with van der Waals surface area (Å²) in [6, 6.07) is 9.74. The number of hydrogen-bond acceptors (Lipinski definition) is 3. The zero-order valence-corrected chi connectivity index (χ0v) is 11.8. The fourth-order valence-corrected chi connectivity index (χ4v) is 3.32. The second-order valence-electron chi connectivity index (χ2n) is 3.67. The van der Waals surface area contributed by atoms with E-state index in [1.807, 2.05) is 35.7 Å². The van der Waals surface area contributed by atoms with Crippen LogP contribution < -0.4 is 0 Å². The van der Waals surface area contributed by atoms with Crippen molar-refractivity contribution in [3.8, 4) is 0 Å². The number of aliphatic hydroxyl groups excluding tert-OH is 1. The van der Waals surface area contributed by atoms with E-state index in [9.17, 15) is 5.11 Å². The van der Waals surface area contributed by atoms with Crippen molar-refractivity contribution in [1.29, 1.82) is 0 Å². The van der Waals surface area contributed by atoms with Crippen LogP contribution in [0.1, 0.15) is 22.1 Å². The first-order valence-corrected chi connectivity index (χ1v) is 6.89. The van der Waals surface area contributed by atoms with Crippen LogP contribution in [-0.4, -0.2) is 12.2 Å². The Kier molecular flexibility index (Phi) is 4.34. The van der Waals surface area contributed by atoms with Crippen molar-refractivity contribution in [1.82, 2.24) is 0 Å². The third-order valence-electron chi connectivity index (χ3n) is 2.54. The Balaban J connectivity index is 2.37. The number of hydrogen-bond donors (Lipinski definition) is 1. The molecule has 0 aliphatic rings. The van der Waals surface area contributed by atoms with Crippen molar-refractivity contribution < 1.29 is 9.84 Å². The minimum Gasteiger partial charge on any atom is -0.383 e. The summed E-state index contributed by atoms with van der Waals surface area (Å²) < 4.78 is 6.09. The van der Waals surface area contributed by atoms with E-state index >= 15 is 0 Å². The van der Waals surface area contributed by atoms with Crippen LogP contribution in [0, 0.1) is 0 Å². The lowest BCUT2D eigenvalue weighted by molar-refractivity contribution is 0.176. The van der Waals surface area contributed by atoms with E-state index in [-0.39, 0.29) is 0 Å². The second kappa shape index (κ2) is 5.78. The summed E-state index contributed by atoms with van der Waals surface area (Å²) in [5, 5.41) is 12.4. The minimum absolute atomic E-state index is 0.510. The van der Waals surface area contributed by atoms with Gasteiger partial charge in [-0.05, 0) is 38.5 Å². The van der Waals surface area contributed by atoms with Crippen LogP contribution in [0.5, 0.6) is 0 Å². The smallest absolute Gasteiger partial charge is 0.115 e. The number of halogens is 1. The number of rotatable bonds is 4. The molecule has 90 valence electrons. The lowest BCUT2D eigenvalue weighted by Crippen LogP contribution is -2.03. The molecule has 17 heavy (non-hydrogen) atoms. The van der Waals surface area contributed by atoms with Crippen LogP contribution in [0.4, 0.5) is 0 Å². The van der Waals surface area contributed by atoms with Crippen LogP contribution >= 0.6 is 27.3 Å². The van der Waals surface area contributed by atoms with Gasteiger partial charge in [-0.3, -0.25) is 0 Å². The molecule has 0 amide bonds. The summed E-state index contributed by atoms with van der Waals surface area (Å²) in [6.45, 7) is 0.510. The first kappa shape index (κ1) is 12.8. The van der Waals surface area contributed by atoms with Gasteiger partial charge in [-0.1, -0.05) is 24.3 Å². The minimum atomic E-state index is -0.601. The van der Waals surface area contributed by atoms with Gasteiger partial charge >= 0.3 is 0 Å². The molecule has 2 rings (SSSR count). The van der Waals surface area contributed by atoms with Crippen molar-refractivity contribution in [3.05, 3.63) is 56.2 Å². The maximum atomic E-state index is 10.4. The molecule has 4 heteroatoms. The Morgan fingerprint density at radius 3 is 2.76 bits per heavy atom. The molecule has 0 aliphatic carbocycles. The Morgan fingerprint density at radius 1 is 1.35 bits per heavy atom. The van der Waals surface area contributed by atoms with Gasteiger partial charge in [-0.25, -0.2) is 0 Å². The monoisotopic (exact) mass is 312 g/mol. The van der Waals surface area contributed by atoms with Crippen LogP contribution in [0.15, 0.2) is 40.2 Å². The van der Waals surface area contributed by atoms with Gasteiger partial charge in [0.15, 0.2) is 0 Å². The van der Waals surface area contributed by atoms with E-state index in [1.165, 1.54) is 0 Å². The molecule has 1 aromatic heterocycles. The Hall–Kier alpha value is -0.680. The first-order chi connectivity index (χ1) is 8.24. The van der Waals surface area contributed by atoms with E-state index in [0.717, 1.165) is 20.5 Å². The predicted octanol–water partition coefficient (Wildman–Crippen LogP) is 3.74. The van der Waals surface area contributed by atoms with Gasteiger partial charge < -0.3 is 9.84 Å². The van der Waals surface area contributed by atoms with Crippen LogP contribution in [0.2, 0.25) is 0 Å². The average molecular weight is 313 g/mol. The SMILES string of the molecule is COCc1ccccc1C(O)c1sccc1Br. The van der Waals surface area contributed by atoms with Crippen LogP contribution in [0.3, 0.4) is 0 Å². The first-order valence-electron chi connectivity index (χ1n) is 5.21. The summed E-state index contributed by atoms with van der Waals surface area (Å²) in [7, 11) is 1.66. The van der Waals surface area contributed by atoms with Crippen molar-refractivity contribution >= 4 is 27.3 Å². The normalized spacial score (nSPS) is 12.6. The zero-order chi connectivity index (χ0) is 12.3.